The van der Waals surface area contributed by atoms with Crippen LogP contribution in [0.15, 0.2) is 47.8 Å². The van der Waals surface area contributed by atoms with Gasteiger partial charge in [0.25, 0.3) is 0 Å². The van der Waals surface area contributed by atoms with Crippen LogP contribution < -0.4 is 4.90 Å². The Balaban J connectivity index is 1.78. The SMILES string of the molecule is C(=Nn1ccnc1N1CCOCC1)c1ccccc1. The second-order valence-corrected chi connectivity index (χ2v) is 4.33. The molecule has 5 nitrogen and oxygen atoms in total. The number of morpholine rings is 1. The van der Waals surface area contributed by atoms with Crippen LogP contribution in [0.4, 0.5) is 5.95 Å². The summed E-state index contributed by atoms with van der Waals surface area (Å²) < 4.78 is 7.15. The van der Waals surface area contributed by atoms with Crippen molar-refractivity contribution in [3.63, 3.8) is 0 Å². The molecular formula is C14H16N4O. The Labute approximate surface area is 112 Å². The summed E-state index contributed by atoms with van der Waals surface area (Å²) in [4.78, 5) is 6.56. The third-order valence-electron chi connectivity index (χ3n) is 3.03. The molecule has 1 saturated heterocycles. The van der Waals surface area contributed by atoms with Gasteiger partial charge in [0.1, 0.15) is 0 Å². The van der Waals surface area contributed by atoms with Crippen LogP contribution in [0.2, 0.25) is 0 Å². The van der Waals surface area contributed by atoms with E-state index in [0.29, 0.717) is 0 Å². The molecule has 1 aliphatic heterocycles. The summed E-state index contributed by atoms with van der Waals surface area (Å²) in [6.07, 6.45) is 5.48. The van der Waals surface area contributed by atoms with Crippen molar-refractivity contribution in [2.75, 3.05) is 31.2 Å². The summed E-state index contributed by atoms with van der Waals surface area (Å²) in [5.74, 6) is 0.871. The number of ether oxygens (including phenoxy) is 1. The Kier molecular flexibility index (Phi) is 3.56. The van der Waals surface area contributed by atoms with Gasteiger partial charge < -0.3 is 9.64 Å². The molecule has 0 unspecified atom stereocenters. The molecule has 1 aromatic heterocycles. The molecule has 0 saturated carbocycles. The molecule has 0 amide bonds. The van der Waals surface area contributed by atoms with Crippen molar-refractivity contribution >= 4 is 12.2 Å². The second-order valence-electron chi connectivity index (χ2n) is 4.33. The molecule has 0 aliphatic carbocycles. The molecule has 0 atom stereocenters. The molecule has 19 heavy (non-hydrogen) atoms. The Bertz CT molecular complexity index is 544. The Hall–Kier alpha value is -2.14. The van der Waals surface area contributed by atoms with Gasteiger partial charge in [0.2, 0.25) is 5.95 Å². The van der Waals surface area contributed by atoms with Crippen molar-refractivity contribution in [1.82, 2.24) is 9.66 Å². The lowest BCUT2D eigenvalue weighted by atomic mass is 10.2. The lowest BCUT2D eigenvalue weighted by Crippen LogP contribution is -2.37. The Morgan fingerprint density at radius 3 is 2.74 bits per heavy atom. The molecule has 0 spiro atoms. The number of imidazole rings is 1. The van der Waals surface area contributed by atoms with Gasteiger partial charge >= 0.3 is 0 Å². The van der Waals surface area contributed by atoms with Crippen molar-refractivity contribution in [1.29, 1.82) is 0 Å². The first-order chi connectivity index (χ1) is 9.43. The lowest BCUT2D eigenvalue weighted by Gasteiger charge is -2.27. The fourth-order valence-electron chi connectivity index (χ4n) is 2.04. The van der Waals surface area contributed by atoms with E-state index < -0.39 is 0 Å². The fraction of sp³-hybridized carbons (Fsp3) is 0.286. The number of benzene rings is 1. The molecule has 2 heterocycles. The van der Waals surface area contributed by atoms with Gasteiger partial charge in [-0.1, -0.05) is 30.3 Å². The maximum atomic E-state index is 5.35. The smallest absolute Gasteiger partial charge is 0.226 e. The topological polar surface area (TPSA) is 42.7 Å². The van der Waals surface area contributed by atoms with Crippen LogP contribution in [0.1, 0.15) is 5.56 Å². The number of aromatic nitrogens is 2. The molecule has 0 radical (unpaired) electrons. The summed E-state index contributed by atoms with van der Waals surface area (Å²) in [5.41, 5.74) is 1.07. The van der Waals surface area contributed by atoms with E-state index in [2.05, 4.69) is 15.0 Å². The summed E-state index contributed by atoms with van der Waals surface area (Å²) in [6.45, 7) is 3.21. The van der Waals surface area contributed by atoms with Gasteiger partial charge in [-0.05, 0) is 5.56 Å². The zero-order valence-electron chi connectivity index (χ0n) is 10.6. The highest BCUT2D eigenvalue weighted by Gasteiger charge is 2.15. The first-order valence-corrected chi connectivity index (χ1v) is 6.39. The molecule has 5 heteroatoms. The first kappa shape index (κ1) is 11.9. The van der Waals surface area contributed by atoms with Crippen molar-refractivity contribution in [3.8, 4) is 0 Å². The van der Waals surface area contributed by atoms with E-state index in [1.54, 1.807) is 10.9 Å². The molecule has 1 aliphatic rings. The number of nitrogens with zero attached hydrogens (tertiary/aromatic N) is 4. The zero-order valence-corrected chi connectivity index (χ0v) is 10.6. The number of hydrogen-bond acceptors (Lipinski definition) is 4. The Morgan fingerprint density at radius 2 is 1.95 bits per heavy atom. The summed E-state index contributed by atoms with van der Waals surface area (Å²) in [5, 5.41) is 4.46. The fourth-order valence-corrected chi connectivity index (χ4v) is 2.04. The van der Waals surface area contributed by atoms with E-state index in [0.717, 1.165) is 37.8 Å². The van der Waals surface area contributed by atoms with E-state index in [1.807, 2.05) is 42.7 Å². The van der Waals surface area contributed by atoms with Crippen LogP contribution in [0.3, 0.4) is 0 Å². The lowest BCUT2D eigenvalue weighted by molar-refractivity contribution is 0.121. The summed E-state index contributed by atoms with van der Waals surface area (Å²) in [7, 11) is 0. The Morgan fingerprint density at radius 1 is 1.16 bits per heavy atom. The van der Waals surface area contributed by atoms with Crippen molar-refractivity contribution in [2.45, 2.75) is 0 Å². The van der Waals surface area contributed by atoms with Gasteiger partial charge in [0, 0.05) is 19.3 Å². The molecule has 98 valence electrons. The van der Waals surface area contributed by atoms with E-state index >= 15 is 0 Å². The van der Waals surface area contributed by atoms with Gasteiger partial charge in [-0.2, -0.15) is 5.10 Å². The number of rotatable bonds is 3. The minimum atomic E-state index is 0.745. The maximum absolute atomic E-state index is 5.35. The molecule has 0 bridgehead atoms. The minimum Gasteiger partial charge on any atom is -0.378 e. The average molecular weight is 256 g/mol. The molecule has 3 rings (SSSR count). The highest BCUT2D eigenvalue weighted by atomic mass is 16.5. The minimum absolute atomic E-state index is 0.745. The van der Waals surface area contributed by atoms with Gasteiger partial charge in [0.05, 0.1) is 25.6 Å². The standard InChI is InChI=1S/C14H16N4O/c1-2-4-13(5-3-1)12-16-18-7-6-15-14(18)17-8-10-19-11-9-17/h1-7,12H,8-11H2. The number of hydrogen-bond donors (Lipinski definition) is 0. The third-order valence-corrected chi connectivity index (χ3v) is 3.03. The largest absolute Gasteiger partial charge is 0.378 e. The van der Waals surface area contributed by atoms with Gasteiger partial charge in [-0.25, -0.2) is 9.66 Å². The van der Waals surface area contributed by atoms with Crippen molar-refractivity contribution < 1.29 is 4.74 Å². The van der Waals surface area contributed by atoms with Crippen LogP contribution in [0.25, 0.3) is 0 Å². The van der Waals surface area contributed by atoms with Gasteiger partial charge in [0.15, 0.2) is 0 Å². The quantitative estimate of drug-likeness (QED) is 0.783. The number of anilines is 1. The monoisotopic (exact) mass is 256 g/mol. The van der Waals surface area contributed by atoms with E-state index in [-0.39, 0.29) is 0 Å². The van der Waals surface area contributed by atoms with Crippen LogP contribution in [0, 0.1) is 0 Å². The third kappa shape index (κ3) is 2.82. The zero-order chi connectivity index (χ0) is 12.9. The molecule has 1 fully saturated rings. The molecule has 0 N–H and O–H groups in total. The van der Waals surface area contributed by atoms with Crippen LogP contribution in [-0.2, 0) is 4.74 Å². The van der Waals surface area contributed by atoms with Crippen LogP contribution >= 0.6 is 0 Å². The van der Waals surface area contributed by atoms with Crippen LogP contribution in [-0.4, -0.2) is 42.2 Å². The second kappa shape index (κ2) is 5.67. The van der Waals surface area contributed by atoms with Crippen LogP contribution in [0.5, 0.6) is 0 Å². The predicted octanol–water partition coefficient (Wildman–Crippen LogP) is 1.60. The molecular weight excluding hydrogens is 240 g/mol. The predicted molar refractivity (Wildman–Crippen MR) is 74.7 cm³/mol. The van der Waals surface area contributed by atoms with Gasteiger partial charge in [-0.15, -0.1) is 0 Å². The van der Waals surface area contributed by atoms with E-state index in [4.69, 9.17) is 4.74 Å². The summed E-state index contributed by atoms with van der Waals surface area (Å²) >= 11 is 0. The van der Waals surface area contributed by atoms with Crippen molar-refractivity contribution in [2.24, 2.45) is 5.10 Å². The highest BCUT2D eigenvalue weighted by Crippen LogP contribution is 2.13. The highest BCUT2D eigenvalue weighted by molar-refractivity contribution is 5.79. The maximum Gasteiger partial charge on any atom is 0.226 e. The van der Waals surface area contributed by atoms with E-state index in [1.165, 1.54) is 0 Å². The average Bonchev–Trinajstić information content (AvgIpc) is 2.95. The van der Waals surface area contributed by atoms with E-state index in [9.17, 15) is 0 Å². The van der Waals surface area contributed by atoms with Crippen molar-refractivity contribution in [3.05, 3.63) is 48.3 Å². The molecule has 1 aromatic carbocycles. The first-order valence-electron chi connectivity index (χ1n) is 6.39. The van der Waals surface area contributed by atoms with Gasteiger partial charge in [-0.3, -0.25) is 0 Å². The summed E-state index contributed by atoms with van der Waals surface area (Å²) in [6, 6.07) is 10.0. The molecule has 2 aromatic rings. The normalized spacial score (nSPS) is 16.1.